The van der Waals surface area contributed by atoms with Crippen molar-refractivity contribution in [2.75, 3.05) is 48.9 Å². The molecule has 0 radical (unpaired) electrons. The van der Waals surface area contributed by atoms with Crippen molar-refractivity contribution in [1.29, 1.82) is 0 Å². The Balaban J connectivity index is 1.92. The van der Waals surface area contributed by atoms with Crippen molar-refractivity contribution in [2.24, 2.45) is 0 Å². The van der Waals surface area contributed by atoms with Gasteiger partial charge in [-0.2, -0.15) is 13.1 Å². The third kappa shape index (κ3) is 4.86. The zero-order valence-electron chi connectivity index (χ0n) is 13.4. The Bertz CT molecular complexity index is 551. The Hall–Kier alpha value is -1.31. The van der Waals surface area contributed by atoms with Gasteiger partial charge in [0.2, 0.25) is 0 Å². The second kappa shape index (κ2) is 7.80. The van der Waals surface area contributed by atoms with Crippen LogP contribution in [0, 0.1) is 0 Å². The summed E-state index contributed by atoms with van der Waals surface area (Å²) in [4.78, 5) is 4.82. The summed E-state index contributed by atoms with van der Waals surface area (Å²) in [5.74, 6) is 0. The monoisotopic (exact) mass is 326 g/mol. The van der Waals surface area contributed by atoms with Gasteiger partial charge in [0.25, 0.3) is 10.2 Å². The first kappa shape index (κ1) is 17.1. The zero-order valence-corrected chi connectivity index (χ0v) is 14.2. The van der Waals surface area contributed by atoms with E-state index in [9.17, 15) is 8.42 Å². The van der Waals surface area contributed by atoms with Crippen LogP contribution >= 0.6 is 0 Å². The van der Waals surface area contributed by atoms with Crippen molar-refractivity contribution in [3.8, 4) is 0 Å². The highest BCUT2D eigenvalue weighted by Gasteiger charge is 2.16. The van der Waals surface area contributed by atoms with Crippen molar-refractivity contribution in [2.45, 2.75) is 20.3 Å². The van der Waals surface area contributed by atoms with Crippen LogP contribution in [-0.4, -0.2) is 52.6 Å². The average Bonchev–Trinajstić information content (AvgIpc) is 2.49. The van der Waals surface area contributed by atoms with Crippen LogP contribution in [0.15, 0.2) is 24.3 Å². The summed E-state index contributed by atoms with van der Waals surface area (Å²) in [7, 11) is -3.46. The van der Waals surface area contributed by atoms with E-state index in [1.807, 2.05) is 24.3 Å². The van der Waals surface area contributed by atoms with Gasteiger partial charge in [-0.3, -0.25) is 9.62 Å². The van der Waals surface area contributed by atoms with Gasteiger partial charge >= 0.3 is 0 Å². The molecule has 1 saturated heterocycles. The van der Waals surface area contributed by atoms with E-state index in [0.717, 1.165) is 31.9 Å². The molecule has 2 N–H and O–H groups in total. The minimum Gasteiger partial charge on any atom is -0.369 e. The minimum absolute atomic E-state index is 0.370. The molecule has 0 amide bonds. The molecule has 1 aromatic rings. The Morgan fingerprint density at radius 1 is 1.05 bits per heavy atom. The molecule has 2 rings (SSSR count). The molecule has 0 atom stereocenters. The maximum atomic E-state index is 11.6. The Morgan fingerprint density at radius 3 is 2.23 bits per heavy atom. The summed E-state index contributed by atoms with van der Waals surface area (Å²) >= 11 is 0. The van der Waals surface area contributed by atoms with Gasteiger partial charge in [0.15, 0.2) is 0 Å². The van der Waals surface area contributed by atoms with E-state index in [0.29, 0.717) is 12.2 Å². The molecule has 6 nitrogen and oxygen atoms in total. The van der Waals surface area contributed by atoms with E-state index < -0.39 is 10.2 Å². The lowest BCUT2D eigenvalue weighted by atomic mass is 10.2. The first-order valence-electron chi connectivity index (χ1n) is 7.89. The van der Waals surface area contributed by atoms with E-state index in [1.54, 1.807) is 6.92 Å². The number of piperazine rings is 1. The number of hydrogen-bond acceptors (Lipinski definition) is 4. The largest absolute Gasteiger partial charge is 0.369 e. The van der Waals surface area contributed by atoms with E-state index in [-0.39, 0.29) is 0 Å². The summed E-state index contributed by atoms with van der Waals surface area (Å²) in [5, 5.41) is 0. The fourth-order valence-corrected chi connectivity index (χ4v) is 3.57. The third-order valence-corrected chi connectivity index (χ3v) is 4.90. The Kier molecular flexibility index (Phi) is 6.05. The van der Waals surface area contributed by atoms with Gasteiger partial charge in [-0.25, -0.2) is 0 Å². The number of anilines is 2. The van der Waals surface area contributed by atoms with Gasteiger partial charge in [0, 0.05) is 44.1 Å². The summed E-state index contributed by atoms with van der Waals surface area (Å²) < 4.78 is 28.2. The molecular formula is C15H26N4O2S. The van der Waals surface area contributed by atoms with E-state index >= 15 is 0 Å². The summed E-state index contributed by atoms with van der Waals surface area (Å²) in [6.07, 6.45) is 1.20. The molecule has 22 heavy (non-hydrogen) atoms. The third-order valence-electron chi connectivity index (χ3n) is 3.73. The van der Waals surface area contributed by atoms with E-state index in [1.165, 1.54) is 13.0 Å². The normalized spacial score (nSPS) is 16.7. The van der Waals surface area contributed by atoms with Crippen molar-refractivity contribution < 1.29 is 8.42 Å². The quantitative estimate of drug-likeness (QED) is 0.797. The number of rotatable bonds is 7. The van der Waals surface area contributed by atoms with Gasteiger partial charge in [-0.05, 0) is 37.2 Å². The zero-order chi connectivity index (χ0) is 16.0. The van der Waals surface area contributed by atoms with Crippen molar-refractivity contribution in [1.82, 2.24) is 9.62 Å². The molecule has 1 heterocycles. The predicted octanol–water partition coefficient (Wildman–Crippen LogP) is 1.48. The number of hydrogen-bond donors (Lipinski definition) is 2. The molecule has 124 valence electrons. The highest BCUT2D eigenvalue weighted by atomic mass is 32.2. The lowest BCUT2D eigenvalue weighted by Crippen LogP contribution is -2.46. The average molecular weight is 326 g/mol. The fourth-order valence-electron chi connectivity index (χ4n) is 2.67. The molecule has 1 aliphatic heterocycles. The summed E-state index contributed by atoms with van der Waals surface area (Å²) in [6.45, 7) is 9.70. The minimum atomic E-state index is -3.46. The molecule has 1 aromatic carbocycles. The summed E-state index contributed by atoms with van der Waals surface area (Å²) in [6, 6.07) is 7.56. The second-order valence-corrected chi connectivity index (χ2v) is 6.98. The molecule has 1 fully saturated rings. The molecule has 0 unspecified atom stereocenters. The second-order valence-electron chi connectivity index (χ2n) is 5.48. The van der Waals surface area contributed by atoms with Crippen LogP contribution in [0.2, 0.25) is 0 Å². The molecular weight excluding hydrogens is 300 g/mol. The van der Waals surface area contributed by atoms with Crippen molar-refractivity contribution >= 4 is 21.6 Å². The van der Waals surface area contributed by atoms with E-state index in [2.05, 4.69) is 26.2 Å². The molecule has 0 bridgehead atoms. The topological polar surface area (TPSA) is 64.7 Å². The SMILES string of the molecule is CCCN1CCN(c2ccc(NS(=O)(=O)NCC)cc2)CC1. The molecule has 1 aliphatic rings. The van der Waals surface area contributed by atoms with Gasteiger partial charge in [-0.1, -0.05) is 13.8 Å². The maximum Gasteiger partial charge on any atom is 0.299 e. The standard InChI is InChI=1S/C15H26N4O2S/c1-3-9-18-10-12-19(13-11-18)15-7-5-14(6-8-15)17-22(20,21)16-4-2/h5-8,16-17H,3-4,9-13H2,1-2H3. The van der Waals surface area contributed by atoms with Crippen molar-refractivity contribution in [3.63, 3.8) is 0 Å². The Labute approximate surface area is 133 Å². The molecule has 0 aliphatic carbocycles. The lowest BCUT2D eigenvalue weighted by molar-refractivity contribution is 0.258. The van der Waals surface area contributed by atoms with Crippen LogP contribution in [0.5, 0.6) is 0 Å². The number of benzene rings is 1. The van der Waals surface area contributed by atoms with Crippen LogP contribution in [0.1, 0.15) is 20.3 Å². The van der Waals surface area contributed by atoms with Crippen LogP contribution < -0.4 is 14.3 Å². The van der Waals surface area contributed by atoms with Gasteiger partial charge in [0.05, 0.1) is 0 Å². The first-order chi connectivity index (χ1) is 10.5. The smallest absolute Gasteiger partial charge is 0.299 e. The fraction of sp³-hybridized carbons (Fsp3) is 0.600. The highest BCUT2D eigenvalue weighted by Crippen LogP contribution is 2.20. The van der Waals surface area contributed by atoms with Crippen molar-refractivity contribution in [3.05, 3.63) is 24.3 Å². The number of nitrogens with one attached hydrogen (secondary N) is 2. The summed E-state index contributed by atoms with van der Waals surface area (Å²) in [5.41, 5.74) is 1.72. The molecule has 0 aromatic heterocycles. The van der Waals surface area contributed by atoms with Crippen LogP contribution in [0.25, 0.3) is 0 Å². The van der Waals surface area contributed by atoms with Gasteiger partial charge in [-0.15, -0.1) is 0 Å². The predicted molar refractivity (Wildman–Crippen MR) is 91.6 cm³/mol. The van der Waals surface area contributed by atoms with Gasteiger partial charge in [0.1, 0.15) is 0 Å². The molecule has 7 heteroatoms. The van der Waals surface area contributed by atoms with Gasteiger partial charge < -0.3 is 4.90 Å². The number of nitrogens with zero attached hydrogens (tertiary/aromatic N) is 2. The molecule has 0 saturated carbocycles. The van der Waals surface area contributed by atoms with Crippen LogP contribution in [0.4, 0.5) is 11.4 Å². The highest BCUT2D eigenvalue weighted by molar-refractivity contribution is 7.90. The maximum absolute atomic E-state index is 11.6. The van der Waals surface area contributed by atoms with E-state index in [4.69, 9.17) is 0 Å². The molecule has 0 spiro atoms. The van der Waals surface area contributed by atoms with Crippen LogP contribution in [-0.2, 0) is 10.2 Å². The first-order valence-corrected chi connectivity index (χ1v) is 9.37. The van der Waals surface area contributed by atoms with Crippen LogP contribution in [0.3, 0.4) is 0 Å². The lowest BCUT2D eigenvalue weighted by Gasteiger charge is -2.36. The Morgan fingerprint density at radius 2 is 1.68 bits per heavy atom.